The van der Waals surface area contributed by atoms with Crippen molar-refractivity contribution >= 4 is 43.6 Å². The third-order valence-electron chi connectivity index (χ3n) is 15.4. The lowest BCUT2D eigenvalue weighted by molar-refractivity contribution is 0.366. The molecule has 358 valence electrons. The number of aromatic nitrogens is 2. The Hall–Kier alpha value is -5.08. The van der Waals surface area contributed by atoms with Gasteiger partial charge in [0.05, 0.1) is 27.8 Å². The highest BCUT2D eigenvalue weighted by atomic mass is 15.0. The molecule has 8 rings (SSSR count). The Labute approximate surface area is 411 Å². The highest BCUT2D eigenvalue weighted by Gasteiger charge is 2.35. The summed E-state index contributed by atoms with van der Waals surface area (Å²) in [4.78, 5) is 0. The molecule has 8 aromatic rings. The van der Waals surface area contributed by atoms with Gasteiger partial charge < -0.3 is 9.13 Å². The normalized spacial score (nSPS) is 13.2. The molecule has 0 radical (unpaired) electrons. The molecule has 68 heavy (non-hydrogen) atoms. The molecule has 0 spiro atoms. The first-order valence-electron chi connectivity index (χ1n) is 26.5. The van der Waals surface area contributed by atoms with Gasteiger partial charge in [0.2, 0.25) is 0 Å². The lowest BCUT2D eigenvalue weighted by atomic mass is 9.71. The quantitative estimate of drug-likeness (QED) is 0.0963. The third kappa shape index (κ3) is 9.48. The smallest absolute Gasteiger partial charge is 0.0547 e. The zero-order valence-corrected chi connectivity index (χ0v) is 44.9. The van der Waals surface area contributed by atoms with Crippen LogP contribution in [0.2, 0.25) is 0 Å². The number of fused-ring (bicyclic) bond motifs is 6. The van der Waals surface area contributed by atoms with Crippen molar-refractivity contribution < 1.29 is 0 Å². The van der Waals surface area contributed by atoms with Crippen LogP contribution in [0, 0.1) is 0 Å². The number of nitrogens with zero attached hydrogens (tertiary/aromatic N) is 2. The van der Waals surface area contributed by atoms with Crippen molar-refractivity contribution in [2.24, 2.45) is 0 Å². The number of para-hydroxylation sites is 1. The molecule has 2 heterocycles. The van der Waals surface area contributed by atoms with E-state index in [4.69, 9.17) is 0 Å². The van der Waals surface area contributed by atoms with Crippen LogP contribution >= 0.6 is 0 Å². The zero-order chi connectivity index (χ0) is 49.0. The second kappa shape index (κ2) is 18.7. The molecular weight excluding hydrogens is 821 g/mol. The van der Waals surface area contributed by atoms with Crippen LogP contribution in [0.1, 0.15) is 196 Å². The molecule has 0 bridgehead atoms. The highest BCUT2D eigenvalue weighted by Crippen LogP contribution is 2.51. The lowest BCUT2D eigenvalue weighted by Crippen LogP contribution is -2.25. The van der Waals surface area contributed by atoms with Gasteiger partial charge in [-0.3, -0.25) is 0 Å². The number of benzene rings is 6. The molecule has 0 amide bonds. The first-order valence-corrected chi connectivity index (χ1v) is 26.5. The first kappa shape index (κ1) is 49.3. The maximum atomic E-state index is 2.70. The van der Waals surface area contributed by atoms with Crippen molar-refractivity contribution in [3.05, 3.63) is 143 Å². The molecule has 0 atom stereocenters. The van der Waals surface area contributed by atoms with Gasteiger partial charge >= 0.3 is 0 Å². The Kier molecular flexibility index (Phi) is 13.6. The van der Waals surface area contributed by atoms with Gasteiger partial charge in [-0.2, -0.15) is 0 Å². The summed E-state index contributed by atoms with van der Waals surface area (Å²) in [5.41, 5.74) is 17.3. The number of hydrogen-bond donors (Lipinski definition) is 0. The van der Waals surface area contributed by atoms with Crippen molar-refractivity contribution in [1.29, 1.82) is 0 Å². The Bertz CT molecular complexity index is 2950. The molecule has 0 N–H and O–H groups in total. The van der Waals surface area contributed by atoms with Crippen LogP contribution in [-0.4, -0.2) is 9.13 Å². The van der Waals surface area contributed by atoms with E-state index in [1.807, 2.05) is 0 Å². The molecule has 0 aliphatic rings. The summed E-state index contributed by atoms with van der Waals surface area (Å²) in [6.45, 7) is 35.7. The van der Waals surface area contributed by atoms with Crippen LogP contribution in [0.3, 0.4) is 0 Å². The minimum atomic E-state index is -0.108. The van der Waals surface area contributed by atoms with Gasteiger partial charge in [0.25, 0.3) is 0 Å². The summed E-state index contributed by atoms with van der Waals surface area (Å²) in [5, 5.41) is 5.47. The van der Waals surface area contributed by atoms with E-state index in [9.17, 15) is 0 Å². The molecule has 0 saturated heterocycles. The average molecular weight is 905 g/mol. The van der Waals surface area contributed by atoms with Gasteiger partial charge in [0, 0.05) is 27.2 Å². The predicted octanol–water partition coefficient (Wildman–Crippen LogP) is 19.9. The van der Waals surface area contributed by atoms with Crippen molar-refractivity contribution in [2.75, 3.05) is 0 Å². The predicted molar refractivity (Wildman–Crippen MR) is 300 cm³/mol. The Morgan fingerprint density at radius 1 is 0.382 bits per heavy atom. The Balaban J connectivity index is 1.61. The summed E-state index contributed by atoms with van der Waals surface area (Å²) in [6.07, 6.45) is 12.3. The standard InChI is InChI=1S/C66H84N2/c1-16-18-20-25-38-66(15,39-26-21-19-17-2)61-58(68-54-34-32-46(62(3,4)5)43-52(54)53-44-47(63(6,7)8)33-35-55(53)68)37-36-57-60(61)59-51(30-27-31-56(59)67(57)50-28-23-22-24-29-50)45-40-48(64(9,10)11)42-49(41-45)65(12,13)14/h22-24,27-37,40-44H,16-21,25-26,38-39H2,1-15H3. The molecule has 2 heteroatoms. The molecule has 0 aliphatic heterocycles. The Morgan fingerprint density at radius 3 is 1.35 bits per heavy atom. The maximum Gasteiger partial charge on any atom is 0.0547 e. The molecule has 6 aromatic carbocycles. The fourth-order valence-electron chi connectivity index (χ4n) is 11.2. The maximum absolute atomic E-state index is 2.70. The van der Waals surface area contributed by atoms with E-state index in [1.54, 1.807) is 0 Å². The summed E-state index contributed by atoms with van der Waals surface area (Å²) >= 11 is 0. The molecule has 0 aliphatic carbocycles. The van der Waals surface area contributed by atoms with E-state index in [2.05, 4.69) is 228 Å². The van der Waals surface area contributed by atoms with Crippen LogP contribution < -0.4 is 0 Å². The third-order valence-corrected chi connectivity index (χ3v) is 15.4. The zero-order valence-electron chi connectivity index (χ0n) is 44.9. The van der Waals surface area contributed by atoms with Crippen LogP contribution in [0.15, 0.2) is 115 Å². The van der Waals surface area contributed by atoms with E-state index in [1.165, 1.54) is 145 Å². The molecule has 0 unspecified atom stereocenters. The fourth-order valence-corrected chi connectivity index (χ4v) is 11.2. The molecule has 2 aromatic heterocycles. The number of hydrogen-bond acceptors (Lipinski definition) is 0. The van der Waals surface area contributed by atoms with Crippen molar-refractivity contribution in [3.63, 3.8) is 0 Å². The van der Waals surface area contributed by atoms with E-state index < -0.39 is 0 Å². The van der Waals surface area contributed by atoms with Gasteiger partial charge in [0.1, 0.15) is 0 Å². The van der Waals surface area contributed by atoms with Gasteiger partial charge in [-0.1, -0.05) is 216 Å². The first-order chi connectivity index (χ1) is 32.1. The molecule has 0 fully saturated rings. The highest BCUT2D eigenvalue weighted by molar-refractivity contribution is 6.19. The van der Waals surface area contributed by atoms with Gasteiger partial charge in [-0.05, 0) is 133 Å². The van der Waals surface area contributed by atoms with E-state index in [0.29, 0.717) is 0 Å². The van der Waals surface area contributed by atoms with Crippen LogP contribution in [0.25, 0.3) is 66.1 Å². The molecule has 0 saturated carbocycles. The molecular formula is C66H84N2. The molecule has 2 nitrogen and oxygen atoms in total. The number of unbranched alkanes of at least 4 members (excludes halogenated alkanes) is 6. The van der Waals surface area contributed by atoms with E-state index in [0.717, 1.165) is 12.8 Å². The summed E-state index contributed by atoms with van der Waals surface area (Å²) in [7, 11) is 0. The van der Waals surface area contributed by atoms with Gasteiger partial charge in [-0.25, -0.2) is 0 Å². The van der Waals surface area contributed by atoms with Crippen molar-refractivity contribution in [3.8, 4) is 22.5 Å². The fraction of sp³-hybridized carbons (Fsp3) is 0.455. The van der Waals surface area contributed by atoms with Crippen LogP contribution in [0.5, 0.6) is 0 Å². The number of rotatable bonds is 14. The van der Waals surface area contributed by atoms with Crippen molar-refractivity contribution in [2.45, 2.75) is 195 Å². The minimum Gasteiger partial charge on any atom is -0.309 e. The average Bonchev–Trinajstić information content (AvgIpc) is 3.80. The van der Waals surface area contributed by atoms with Crippen molar-refractivity contribution in [1.82, 2.24) is 9.13 Å². The summed E-state index contributed by atoms with van der Waals surface area (Å²) in [5.74, 6) is 0. The van der Waals surface area contributed by atoms with Gasteiger partial charge in [-0.15, -0.1) is 0 Å². The largest absolute Gasteiger partial charge is 0.309 e. The summed E-state index contributed by atoms with van der Waals surface area (Å²) < 4.78 is 5.28. The Morgan fingerprint density at radius 2 is 0.868 bits per heavy atom. The van der Waals surface area contributed by atoms with E-state index in [-0.39, 0.29) is 27.1 Å². The SMILES string of the molecule is CCCCCCC(C)(CCCCCC)c1c(-n2c3ccc(C(C)(C)C)cc3c3cc(C(C)(C)C)ccc32)ccc2c1c1c(-c3cc(C(C)(C)C)cc(C(C)(C)C)c3)cccc1n2-c1ccccc1. The van der Waals surface area contributed by atoms with Crippen LogP contribution in [-0.2, 0) is 27.1 Å². The second-order valence-corrected chi connectivity index (χ2v) is 25.0. The summed E-state index contributed by atoms with van der Waals surface area (Å²) in [6, 6.07) is 45.6. The van der Waals surface area contributed by atoms with Gasteiger partial charge in [0.15, 0.2) is 0 Å². The topological polar surface area (TPSA) is 9.86 Å². The lowest BCUT2D eigenvalue weighted by Gasteiger charge is -2.34. The monoisotopic (exact) mass is 905 g/mol. The van der Waals surface area contributed by atoms with E-state index >= 15 is 0 Å². The minimum absolute atomic E-state index is 0.00787. The van der Waals surface area contributed by atoms with Crippen LogP contribution in [0.4, 0.5) is 0 Å². The second-order valence-electron chi connectivity index (χ2n) is 25.0.